The zero-order valence-electron chi connectivity index (χ0n) is 10.5. The number of nitriles is 1. The van der Waals surface area contributed by atoms with Crippen molar-refractivity contribution in [3.8, 4) is 6.07 Å². The number of hydrogen-bond acceptors (Lipinski definition) is 4. The summed E-state index contributed by atoms with van der Waals surface area (Å²) in [6, 6.07) is 5.58. The maximum atomic E-state index is 11.6. The van der Waals surface area contributed by atoms with E-state index in [0.29, 0.717) is 12.4 Å². The number of nitrogens with one attached hydrogen (secondary N) is 2. The zero-order valence-corrected chi connectivity index (χ0v) is 10.5. The Balaban J connectivity index is 2.72. The summed E-state index contributed by atoms with van der Waals surface area (Å²) in [6.07, 6.45) is 3.85. The van der Waals surface area contributed by atoms with Gasteiger partial charge in [0.2, 0.25) is 0 Å². The number of nitrogens with zero attached hydrogens (tertiary/aromatic N) is 2. The van der Waals surface area contributed by atoms with Crippen LogP contribution in [0.4, 0.5) is 5.82 Å². The van der Waals surface area contributed by atoms with Crippen molar-refractivity contribution in [2.75, 3.05) is 11.9 Å². The molecule has 5 nitrogen and oxygen atoms in total. The van der Waals surface area contributed by atoms with Gasteiger partial charge in [-0.25, -0.2) is 4.98 Å². The number of aromatic nitrogens is 1. The summed E-state index contributed by atoms with van der Waals surface area (Å²) >= 11 is 0. The molecule has 18 heavy (non-hydrogen) atoms. The number of amides is 1. The normalized spacial score (nSPS) is 10.6. The van der Waals surface area contributed by atoms with Crippen LogP contribution in [-0.4, -0.2) is 17.4 Å². The first-order chi connectivity index (χ1) is 8.69. The highest BCUT2D eigenvalue weighted by molar-refractivity contribution is 5.97. The Labute approximate surface area is 107 Å². The molecule has 94 valence electrons. The van der Waals surface area contributed by atoms with Gasteiger partial charge in [-0.05, 0) is 25.0 Å². The van der Waals surface area contributed by atoms with E-state index < -0.39 is 0 Å². The number of carbonyl (C=O) groups is 1. The quantitative estimate of drug-likeness (QED) is 0.611. The minimum absolute atomic E-state index is 0.0357. The van der Waals surface area contributed by atoms with Gasteiger partial charge in [0.1, 0.15) is 17.5 Å². The Bertz CT molecular complexity index is 488. The van der Waals surface area contributed by atoms with Crippen LogP contribution in [0.2, 0.25) is 0 Å². The molecule has 1 aromatic rings. The fourth-order valence-corrected chi connectivity index (χ4v) is 1.26. The number of aryl methyl sites for hydroxylation is 1. The Morgan fingerprint density at radius 3 is 3.00 bits per heavy atom. The zero-order chi connectivity index (χ0) is 13.4. The summed E-state index contributed by atoms with van der Waals surface area (Å²) in [5.41, 5.74) is 0.980. The Hall–Kier alpha value is -2.35. The van der Waals surface area contributed by atoms with Gasteiger partial charge in [0.25, 0.3) is 5.91 Å². The van der Waals surface area contributed by atoms with E-state index in [4.69, 9.17) is 5.26 Å². The van der Waals surface area contributed by atoms with E-state index in [-0.39, 0.29) is 11.5 Å². The van der Waals surface area contributed by atoms with Crippen LogP contribution in [-0.2, 0) is 4.79 Å². The van der Waals surface area contributed by atoms with Crippen LogP contribution in [0.15, 0.2) is 30.1 Å². The largest absolute Gasteiger partial charge is 0.351 e. The van der Waals surface area contributed by atoms with Crippen LogP contribution < -0.4 is 10.6 Å². The third-order valence-corrected chi connectivity index (χ3v) is 2.26. The lowest BCUT2D eigenvalue weighted by molar-refractivity contribution is -0.117. The first-order valence-electron chi connectivity index (χ1n) is 5.75. The van der Waals surface area contributed by atoms with Gasteiger partial charge in [0.15, 0.2) is 0 Å². The van der Waals surface area contributed by atoms with Crippen LogP contribution >= 0.6 is 0 Å². The molecule has 0 unspecified atom stereocenters. The molecule has 0 aromatic carbocycles. The molecule has 1 heterocycles. The third kappa shape index (κ3) is 3.91. The van der Waals surface area contributed by atoms with Crippen molar-refractivity contribution in [3.05, 3.63) is 35.7 Å². The van der Waals surface area contributed by atoms with Gasteiger partial charge in [-0.2, -0.15) is 5.26 Å². The van der Waals surface area contributed by atoms with E-state index in [1.54, 1.807) is 6.20 Å². The number of rotatable bonds is 5. The molecule has 0 atom stereocenters. The van der Waals surface area contributed by atoms with Gasteiger partial charge in [-0.3, -0.25) is 4.79 Å². The maximum absolute atomic E-state index is 11.6. The summed E-state index contributed by atoms with van der Waals surface area (Å²) < 4.78 is 0. The van der Waals surface area contributed by atoms with Gasteiger partial charge in [0.05, 0.1) is 0 Å². The average Bonchev–Trinajstić information content (AvgIpc) is 2.39. The van der Waals surface area contributed by atoms with E-state index in [0.717, 1.165) is 12.0 Å². The van der Waals surface area contributed by atoms with Crippen LogP contribution in [0.3, 0.4) is 0 Å². The van der Waals surface area contributed by atoms with Gasteiger partial charge in [-0.1, -0.05) is 13.0 Å². The summed E-state index contributed by atoms with van der Waals surface area (Å²) in [4.78, 5) is 15.7. The second-order valence-corrected chi connectivity index (χ2v) is 3.74. The Morgan fingerprint density at radius 2 is 2.39 bits per heavy atom. The Kier molecular flexibility index (Phi) is 5.39. The summed E-state index contributed by atoms with van der Waals surface area (Å²) in [7, 11) is 0. The molecular formula is C13H16N4O. The molecule has 1 rings (SSSR count). The van der Waals surface area contributed by atoms with E-state index >= 15 is 0 Å². The molecule has 0 aliphatic rings. The van der Waals surface area contributed by atoms with Crippen molar-refractivity contribution < 1.29 is 4.79 Å². The van der Waals surface area contributed by atoms with E-state index in [9.17, 15) is 4.79 Å². The fourth-order valence-electron chi connectivity index (χ4n) is 1.26. The molecule has 0 aliphatic carbocycles. The van der Waals surface area contributed by atoms with Crippen molar-refractivity contribution >= 4 is 11.7 Å². The van der Waals surface area contributed by atoms with E-state index in [1.165, 1.54) is 6.20 Å². The second kappa shape index (κ2) is 7.07. The third-order valence-electron chi connectivity index (χ3n) is 2.26. The molecule has 0 saturated carbocycles. The molecule has 0 fully saturated rings. The minimum Gasteiger partial charge on any atom is -0.351 e. The summed E-state index contributed by atoms with van der Waals surface area (Å²) in [5, 5.41) is 14.4. The lowest BCUT2D eigenvalue weighted by Crippen LogP contribution is -2.25. The van der Waals surface area contributed by atoms with Crippen LogP contribution in [0.5, 0.6) is 0 Å². The summed E-state index contributed by atoms with van der Waals surface area (Å²) in [5.74, 6) is 0.258. The molecule has 0 radical (unpaired) electrons. The highest BCUT2D eigenvalue weighted by Gasteiger charge is 2.07. The van der Waals surface area contributed by atoms with E-state index in [1.807, 2.05) is 32.0 Å². The monoisotopic (exact) mass is 244 g/mol. The maximum Gasteiger partial charge on any atom is 0.263 e. The molecule has 2 N–H and O–H groups in total. The number of carbonyl (C=O) groups excluding carboxylic acids is 1. The fraction of sp³-hybridized carbons (Fsp3) is 0.308. The van der Waals surface area contributed by atoms with Gasteiger partial charge < -0.3 is 10.6 Å². The molecule has 0 spiro atoms. The Morgan fingerprint density at radius 1 is 1.61 bits per heavy atom. The van der Waals surface area contributed by atoms with Crippen LogP contribution in [0.1, 0.15) is 18.9 Å². The van der Waals surface area contributed by atoms with Gasteiger partial charge >= 0.3 is 0 Å². The summed E-state index contributed by atoms with van der Waals surface area (Å²) in [6.45, 7) is 4.40. The standard InChI is InChI=1S/C13H16N4O/c1-3-6-16-13(18)11(8-14)9-17-12-10(2)5-4-7-15-12/h4-5,7,9H,3,6H2,1-2H3,(H,15,17)(H,16,18)/b11-9-. The van der Waals surface area contributed by atoms with Crippen molar-refractivity contribution in [2.24, 2.45) is 0 Å². The number of pyridine rings is 1. The molecule has 0 saturated heterocycles. The van der Waals surface area contributed by atoms with Gasteiger partial charge in [-0.15, -0.1) is 0 Å². The van der Waals surface area contributed by atoms with Crippen LogP contribution in [0.25, 0.3) is 0 Å². The van der Waals surface area contributed by atoms with Crippen molar-refractivity contribution in [1.82, 2.24) is 10.3 Å². The second-order valence-electron chi connectivity index (χ2n) is 3.74. The molecule has 1 aromatic heterocycles. The lowest BCUT2D eigenvalue weighted by atomic mass is 10.2. The molecule has 0 aliphatic heterocycles. The van der Waals surface area contributed by atoms with E-state index in [2.05, 4.69) is 15.6 Å². The molecule has 1 amide bonds. The SMILES string of the molecule is CCCNC(=O)/C(C#N)=C\Nc1ncccc1C. The number of hydrogen-bond donors (Lipinski definition) is 2. The van der Waals surface area contributed by atoms with Crippen molar-refractivity contribution in [2.45, 2.75) is 20.3 Å². The average molecular weight is 244 g/mol. The molecule has 5 heteroatoms. The highest BCUT2D eigenvalue weighted by Crippen LogP contribution is 2.09. The van der Waals surface area contributed by atoms with Crippen molar-refractivity contribution in [1.29, 1.82) is 5.26 Å². The van der Waals surface area contributed by atoms with Crippen LogP contribution in [0, 0.1) is 18.3 Å². The van der Waals surface area contributed by atoms with Crippen molar-refractivity contribution in [3.63, 3.8) is 0 Å². The van der Waals surface area contributed by atoms with Gasteiger partial charge in [0, 0.05) is 18.9 Å². The molecule has 0 bridgehead atoms. The lowest BCUT2D eigenvalue weighted by Gasteiger charge is -2.05. The molecular weight excluding hydrogens is 228 g/mol. The predicted molar refractivity (Wildman–Crippen MR) is 69.6 cm³/mol. The predicted octanol–water partition coefficient (Wildman–Crippen LogP) is 1.74. The smallest absolute Gasteiger partial charge is 0.263 e. The highest BCUT2D eigenvalue weighted by atomic mass is 16.1. The topological polar surface area (TPSA) is 77.8 Å². The first kappa shape index (κ1) is 13.7. The first-order valence-corrected chi connectivity index (χ1v) is 5.75. The minimum atomic E-state index is -0.375. The number of anilines is 1.